The molecule has 1 amide bonds. The van der Waals surface area contributed by atoms with Gasteiger partial charge in [0, 0.05) is 48.3 Å². The van der Waals surface area contributed by atoms with Crippen LogP contribution in [0.5, 0.6) is 0 Å². The Morgan fingerprint density at radius 3 is 2.59 bits per heavy atom. The third kappa shape index (κ3) is 3.50. The van der Waals surface area contributed by atoms with E-state index in [0.29, 0.717) is 25.9 Å². The topological polar surface area (TPSA) is 73.5 Å². The molecule has 1 aliphatic carbocycles. The highest BCUT2D eigenvalue weighted by Crippen LogP contribution is 2.30. The Kier molecular flexibility index (Phi) is 4.76. The number of nitrogens with zero attached hydrogens (tertiary/aromatic N) is 2. The van der Waals surface area contributed by atoms with Gasteiger partial charge in [0.2, 0.25) is 10.0 Å². The lowest BCUT2D eigenvalue weighted by molar-refractivity contribution is 0.0686. The number of rotatable bonds is 3. The molecule has 0 radical (unpaired) electrons. The van der Waals surface area contributed by atoms with Crippen LogP contribution in [-0.4, -0.2) is 60.9 Å². The molecule has 1 aromatic carbocycles. The Morgan fingerprint density at radius 2 is 1.89 bits per heavy atom. The van der Waals surface area contributed by atoms with Gasteiger partial charge in [-0.2, -0.15) is 0 Å². The number of carbonyl (C=O) groups is 1. The van der Waals surface area contributed by atoms with Crippen LogP contribution in [0.1, 0.15) is 47.3 Å². The molecule has 1 saturated heterocycles. The van der Waals surface area contributed by atoms with Crippen molar-refractivity contribution in [3.63, 3.8) is 0 Å². The third-order valence-corrected chi connectivity index (χ3v) is 7.48. The van der Waals surface area contributed by atoms with Crippen LogP contribution >= 0.6 is 0 Å². The average molecular weight is 390 g/mol. The summed E-state index contributed by atoms with van der Waals surface area (Å²) in [4.78, 5) is 18.4. The quantitative estimate of drug-likeness (QED) is 0.877. The van der Waals surface area contributed by atoms with Crippen LogP contribution in [0, 0.1) is 0 Å². The van der Waals surface area contributed by atoms with Crippen molar-refractivity contribution in [2.45, 2.75) is 44.6 Å². The van der Waals surface area contributed by atoms with E-state index in [-0.39, 0.29) is 11.9 Å². The van der Waals surface area contributed by atoms with Crippen molar-refractivity contribution < 1.29 is 13.2 Å². The Hall–Kier alpha value is -1.86. The zero-order valence-corrected chi connectivity index (χ0v) is 16.8. The number of aromatic amines is 1. The minimum atomic E-state index is -3.19. The molecule has 6 nitrogen and oxygen atoms in total. The second-order valence-corrected chi connectivity index (χ2v) is 9.89. The Morgan fingerprint density at radius 1 is 1.19 bits per heavy atom. The van der Waals surface area contributed by atoms with Gasteiger partial charge in [-0.05, 0) is 62.3 Å². The van der Waals surface area contributed by atoms with Gasteiger partial charge in [0.05, 0.1) is 6.26 Å². The number of nitrogens with one attached hydrogen (secondary N) is 1. The molecular formula is C20H27N3O3S. The van der Waals surface area contributed by atoms with Crippen molar-refractivity contribution in [2.24, 2.45) is 0 Å². The molecule has 2 heterocycles. The second kappa shape index (κ2) is 6.95. The average Bonchev–Trinajstić information content (AvgIpc) is 3.04. The maximum absolute atomic E-state index is 13.0. The summed E-state index contributed by atoms with van der Waals surface area (Å²) in [6.07, 6.45) is 7.19. The van der Waals surface area contributed by atoms with Crippen LogP contribution in [0.25, 0.3) is 10.9 Å². The van der Waals surface area contributed by atoms with E-state index in [1.54, 1.807) is 7.05 Å². The normalized spacial score (nSPS) is 18.9. The van der Waals surface area contributed by atoms with Crippen molar-refractivity contribution in [3.05, 3.63) is 35.0 Å². The summed E-state index contributed by atoms with van der Waals surface area (Å²) in [6.45, 7) is 1.18. The maximum atomic E-state index is 13.0. The van der Waals surface area contributed by atoms with E-state index in [9.17, 15) is 13.2 Å². The van der Waals surface area contributed by atoms with Gasteiger partial charge in [-0.3, -0.25) is 4.79 Å². The third-order valence-electron chi connectivity index (χ3n) is 6.13. The number of hydrogen-bond acceptors (Lipinski definition) is 3. The number of piperidine rings is 1. The minimum Gasteiger partial charge on any atom is -0.358 e. The van der Waals surface area contributed by atoms with Gasteiger partial charge in [0.1, 0.15) is 0 Å². The number of fused-ring (bicyclic) bond motifs is 3. The van der Waals surface area contributed by atoms with E-state index in [0.717, 1.165) is 23.9 Å². The van der Waals surface area contributed by atoms with Crippen LogP contribution in [0.4, 0.5) is 0 Å². The monoisotopic (exact) mass is 389 g/mol. The fraction of sp³-hybridized carbons (Fsp3) is 0.550. The van der Waals surface area contributed by atoms with Crippen LogP contribution < -0.4 is 0 Å². The Balaban J connectivity index is 1.50. The highest BCUT2D eigenvalue weighted by atomic mass is 32.2. The fourth-order valence-electron chi connectivity index (χ4n) is 4.42. The summed E-state index contributed by atoms with van der Waals surface area (Å²) in [6, 6.07) is 5.93. The van der Waals surface area contributed by atoms with Gasteiger partial charge in [-0.25, -0.2) is 12.7 Å². The lowest BCUT2D eigenvalue weighted by Crippen LogP contribution is -2.47. The maximum Gasteiger partial charge on any atom is 0.253 e. The number of amides is 1. The van der Waals surface area contributed by atoms with Crippen molar-refractivity contribution >= 4 is 26.8 Å². The number of sulfonamides is 1. The summed E-state index contributed by atoms with van der Waals surface area (Å²) in [7, 11) is -1.57. The van der Waals surface area contributed by atoms with E-state index < -0.39 is 10.0 Å². The largest absolute Gasteiger partial charge is 0.358 e. The van der Waals surface area contributed by atoms with Gasteiger partial charge >= 0.3 is 0 Å². The van der Waals surface area contributed by atoms with Gasteiger partial charge < -0.3 is 9.88 Å². The Bertz CT molecular complexity index is 972. The Labute approximate surface area is 160 Å². The number of carbonyl (C=O) groups excluding carboxylic acids is 1. The standard InChI is InChI=1S/C20H27N3O3S/c1-22(27(2,25)26)15-9-11-23(12-10-15)20(24)14-7-8-19-17(13-14)16-5-3-4-6-18(16)21-19/h7-8,13,15,21H,3-6,9-12H2,1-2H3. The molecule has 1 N–H and O–H groups in total. The van der Waals surface area contributed by atoms with Crippen molar-refractivity contribution in [1.29, 1.82) is 0 Å². The molecule has 0 spiro atoms. The number of benzene rings is 1. The summed E-state index contributed by atoms with van der Waals surface area (Å²) in [5.41, 5.74) is 4.54. The first-order valence-corrected chi connectivity index (χ1v) is 11.5. The van der Waals surface area contributed by atoms with Gasteiger partial charge in [0.25, 0.3) is 5.91 Å². The van der Waals surface area contributed by atoms with E-state index in [1.165, 1.54) is 40.0 Å². The first-order valence-electron chi connectivity index (χ1n) is 9.70. The lowest BCUT2D eigenvalue weighted by atomic mass is 9.95. The summed E-state index contributed by atoms with van der Waals surface area (Å²) >= 11 is 0. The van der Waals surface area contributed by atoms with E-state index in [1.807, 2.05) is 23.1 Å². The van der Waals surface area contributed by atoms with Gasteiger partial charge in [-0.1, -0.05) is 0 Å². The number of likely N-dealkylation sites (tertiary alicyclic amines) is 1. The first-order chi connectivity index (χ1) is 12.8. The molecule has 0 bridgehead atoms. The van der Waals surface area contributed by atoms with E-state index in [2.05, 4.69) is 4.98 Å². The summed E-state index contributed by atoms with van der Waals surface area (Å²) in [5, 5.41) is 1.18. The second-order valence-electron chi connectivity index (χ2n) is 7.85. The number of aromatic nitrogens is 1. The molecule has 0 atom stereocenters. The van der Waals surface area contributed by atoms with Crippen LogP contribution in [-0.2, 0) is 22.9 Å². The molecule has 146 valence electrons. The summed E-state index contributed by atoms with van der Waals surface area (Å²) in [5.74, 6) is 0.0446. The predicted octanol–water partition coefficient (Wildman–Crippen LogP) is 2.54. The smallest absolute Gasteiger partial charge is 0.253 e. The molecular weight excluding hydrogens is 362 g/mol. The number of H-pyrrole nitrogens is 1. The van der Waals surface area contributed by atoms with Crippen molar-refractivity contribution in [3.8, 4) is 0 Å². The zero-order chi connectivity index (χ0) is 19.2. The van der Waals surface area contributed by atoms with Gasteiger partial charge in [-0.15, -0.1) is 0 Å². The van der Waals surface area contributed by atoms with Gasteiger partial charge in [0.15, 0.2) is 0 Å². The van der Waals surface area contributed by atoms with Crippen molar-refractivity contribution in [2.75, 3.05) is 26.4 Å². The van der Waals surface area contributed by atoms with Crippen LogP contribution in [0.15, 0.2) is 18.2 Å². The molecule has 0 saturated carbocycles. The van der Waals surface area contributed by atoms with Crippen LogP contribution in [0.2, 0.25) is 0 Å². The lowest BCUT2D eigenvalue weighted by Gasteiger charge is -2.35. The molecule has 0 unspecified atom stereocenters. The zero-order valence-electron chi connectivity index (χ0n) is 16.0. The molecule has 1 fully saturated rings. The molecule has 4 rings (SSSR count). The molecule has 1 aliphatic heterocycles. The molecule has 2 aliphatic rings. The first kappa shape index (κ1) is 18.5. The predicted molar refractivity (Wildman–Crippen MR) is 106 cm³/mol. The van der Waals surface area contributed by atoms with Crippen molar-refractivity contribution in [1.82, 2.24) is 14.2 Å². The highest BCUT2D eigenvalue weighted by Gasteiger charge is 2.29. The SMILES string of the molecule is CN(C1CCN(C(=O)c2ccc3[nH]c4c(c3c2)CCCC4)CC1)S(C)(=O)=O. The summed E-state index contributed by atoms with van der Waals surface area (Å²) < 4.78 is 24.9. The number of aryl methyl sites for hydroxylation is 2. The van der Waals surface area contributed by atoms with Crippen LogP contribution in [0.3, 0.4) is 0 Å². The molecule has 7 heteroatoms. The fourth-order valence-corrected chi connectivity index (χ4v) is 5.18. The minimum absolute atomic E-state index is 0.0248. The molecule has 27 heavy (non-hydrogen) atoms. The molecule has 1 aromatic heterocycles. The molecule has 2 aromatic rings. The van der Waals surface area contributed by atoms with E-state index in [4.69, 9.17) is 0 Å². The number of hydrogen-bond donors (Lipinski definition) is 1. The van der Waals surface area contributed by atoms with E-state index >= 15 is 0 Å². The highest BCUT2D eigenvalue weighted by molar-refractivity contribution is 7.88.